The number of benzene rings is 1. The average Bonchev–Trinajstić information content (AvgIpc) is 3.50. The summed E-state index contributed by atoms with van der Waals surface area (Å²) >= 11 is 1.48. The fourth-order valence-corrected chi connectivity index (χ4v) is 4.59. The second kappa shape index (κ2) is 9.10. The van der Waals surface area contributed by atoms with Gasteiger partial charge in [0, 0.05) is 29.7 Å². The molecule has 2 aromatic heterocycles. The van der Waals surface area contributed by atoms with Crippen LogP contribution in [0.3, 0.4) is 0 Å². The summed E-state index contributed by atoms with van der Waals surface area (Å²) in [5, 5.41) is 21.2. The highest BCUT2D eigenvalue weighted by atomic mass is 32.1. The summed E-state index contributed by atoms with van der Waals surface area (Å²) in [4.78, 5) is 31.9. The molecule has 1 aromatic carbocycles. The number of aromatic amines is 1. The molecule has 0 bridgehead atoms. The number of hydrogen-bond donors (Lipinski definition) is 2. The normalized spacial score (nSPS) is 18.4. The van der Waals surface area contributed by atoms with Crippen LogP contribution in [0.25, 0.3) is 11.3 Å². The van der Waals surface area contributed by atoms with Gasteiger partial charge >= 0.3 is 0 Å². The Bertz CT molecular complexity index is 1100. The average molecular weight is 435 g/mol. The maximum atomic E-state index is 12.9. The molecule has 1 aliphatic rings. The third-order valence-electron chi connectivity index (χ3n) is 5.59. The molecule has 0 aliphatic carbocycles. The molecule has 3 heterocycles. The van der Waals surface area contributed by atoms with Crippen molar-refractivity contribution in [2.24, 2.45) is 5.92 Å². The Kier molecular flexibility index (Phi) is 6.09. The van der Waals surface area contributed by atoms with E-state index in [0.29, 0.717) is 24.3 Å². The van der Waals surface area contributed by atoms with E-state index in [2.05, 4.69) is 26.6 Å². The van der Waals surface area contributed by atoms with Gasteiger partial charge in [-0.3, -0.25) is 14.7 Å². The van der Waals surface area contributed by atoms with Crippen LogP contribution < -0.4 is 5.32 Å². The van der Waals surface area contributed by atoms with Crippen molar-refractivity contribution in [2.75, 3.05) is 6.54 Å². The number of nitriles is 1. The largest absolute Gasteiger partial charge is 0.349 e. The molecule has 8 nitrogen and oxygen atoms in total. The predicted molar refractivity (Wildman–Crippen MR) is 116 cm³/mol. The third-order valence-corrected chi connectivity index (χ3v) is 6.44. The van der Waals surface area contributed by atoms with E-state index < -0.39 is 0 Å². The SMILES string of the molecule is C[C@H]1[C@@H](C(=O)NCc2nc(-c3ccc(C#N)cc3)cs2)CCCN1C(=O)c1ccn[nH]1. The van der Waals surface area contributed by atoms with Crippen LogP contribution in [0.15, 0.2) is 41.9 Å². The smallest absolute Gasteiger partial charge is 0.272 e. The van der Waals surface area contributed by atoms with Crippen molar-refractivity contribution < 1.29 is 9.59 Å². The molecule has 3 aromatic rings. The molecular formula is C22H22N6O2S. The monoisotopic (exact) mass is 434 g/mol. The van der Waals surface area contributed by atoms with Crippen LogP contribution in [0.2, 0.25) is 0 Å². The molecule has 158 valence electrons. The first-order chi connectivity index (χ1) is 15.1. The zero-order valence-electron chi connectivity index (χ0n) is 17.0. The molecule has 9 heteroatoms. The van der Waals surface area contributed by atoms with E-state index in [4.69, 9.17) is 5.26 Å². The van der Waals surface area contributed by atoms with E-state index in [-0.39, 0.29) is 23.8 Å². The van der Waals surface area contributed by atoms with Crippen LogP contribution in [-0.4, -0.2) is 44.5 Å². The fraction of sp³-hybridized carbons (Fsp3) is 0.318. The number of carbonyl (C=O) groups excluding carboxylic acids is 2. The van der Waals surface area contributed by atoms with Crippen molar-refractivity contribution in [1.82, 2.24) is 25.4 Å². The van der Waals surface area contributed by atoms with Gasteiger partial charge in [-0.1, -0.05) is 12.1 Å². The van der Waals surface area contributed by atoms with Gasteiger partial charge in [0.15, 0.2) is 0 Å². The number of amides is 2. The number of likely N-dealkylation sites (tertiary alicyclic amines) is 1. The Morgan fingerprint density at radius 1 is 1.32 bits per heavy atom. The second-order valence-electron chi connectivity index (χ2n) is 7.49. The summed E-state index contributed by atoms with van der Waals surface area (Å²) in [6, 6.07) is 10.8. The number of hydrogen-bond acceptors (Lipinski definition) is 6. The number of aromatic nitrogens is 3. The Labute approximate surface area is 183 Å². The van der Waals surface area contributed by atoms with Crippen molar-refractivity contribution in [2.45, 2.75) is 32.4 Å². The summed E-state index contributed by atoms with van der Waals surface area (Å²) in [6.45, 7) is 2.89. The summed E-state index contributed by atoms with van der Waals surface area (Å²) < 4.78 is 0. The van der Waals surface area contributed by atoms with Crippen molar-refractivity contribution in [1.29, 1.82) is 5.26 Å². The summed E-state index contributed by atoms with van der Waals surface area (Å²) in [6.07, 6.45) is 3.07. The minimum Gasteiger partial charge on any atom is -0.349 e. The molecule has 1 aliphatic heterocycles. The number of carbonyl (C=O) groups is 2. The molecule has 0 saturated carbocycles. The van der Waals surface area contributed by atoms with Gasteiger partial charge in [-0.25, -0.2) is 4.98 Å². The molecule has 0 radical (unpaired) electrons. The Morgan fingerprint density at radius 3 is 2.84 bits per heavy atom. The second-order valence-corrected chi connectivity index (χ2v) is 8.43. The maximum Gasteiger partial charge on any atom is 0.272 e. The first-order valence-corrected chi connectivity index (χ1v) is 11.0. The van der Waals surface area contributed by atoms with Gasteiger partial charge in [0.1, 0.15) is 10.7 Å². The number of piperidine rings is 1. The van der Waals surface area contributed by atoms with Crippen LogP contribution in [-0.2, 0) is 11.3 Å². The van der Waals surface area contributed by atoms with Crippen LogP contribution in [0.5, 0.6) is 0 Å². The number of nitrogens with one attached hydrogen (secondary N) is 2. The highest BCUT2D eigenvalue weighted by molar-refractivity contribution is 7.09. The Hall–Kier alpha value is -3.51. The van der Waals surface area contributed by atoms with Crippen molar-refractivity contribution in [3.05, 3.63) is 58.2 Å². The van der Waals surface area contributed by atoms with Gasteiger partial charge in [0.25, 0.3) is 5.91 Å². The molecule has 2 N–H and O–H groups in total. The number of thiazole rings is 1. The molecular weight excluding hydrogens is 412 g/mol. The molecule has 2 atom stereocenters. The van der Waals surface area contributed by atoms with Crippen LogP contribution >= 0.6 is 11.3 Å². The topological polar surface area (TPSA) is 115 Å². The van der Waals surface area contributed by atoms with E-state index >= 15 is 0 Å². The number of nitrogens with zero attached hydrogens (tertiary/aromatic N) is 4. The van der Waals surface area contributed by atoms with Crippen LogP contribution in [0.1, 0.15) is 40.8 Å². The molecule has 0 spiro atoms. The van der Waals surface area contributed by atoms with E-state index in [1.807, 2.05) is 24.4 Å². The standard InChI is InChI=1S/C22H22N6O2S/c1-14-17(3-2-10-28(14)22(30)18-8-9-25-27-18)21(29)24-12-20-26-19(13-31-20)16-6-4-15(11-23)5-7-16/h4-9,13-14,17H,2-3,10,12H2,1H3,(H,24,29)(H,25,27)/t14-,17-/m0/s1. The first-order valence-electron chi connectivity index (χ1n) is 10.1. The van der Waals surface area contributed by atoms with Gasteiger partial charge < -0.3 is 10.2 Å². The van der Waals surface area contributed by atoms with Crippen molar-refractivity contribution in [3.63, 3.8) is 0 Å². The molecule has 31 heavy (non-hydrogen) atoms. The Balaban J connectivity index is 1.36. The highest BCUT2D eigenvalue weighted by Crippen LogP contribution is 2.26. The first kappa shape index (κ1) is 20.8. The van der Waals surface area contributed by atoms with Crippen LogP contribution in [0.4, 0.5) is 0 Å². The zero-order valence-corrected chi connectivity index (χ0v) is 17.9. The summed E-state index contributed by atoms with van der Waals surface area (Å²) in [5.74, 6) is -0.460. The van der Waals surface area contributed by atoms with E-state index in [1.165, 1.54) is 11.3 Å². The fourth-order valence-electron chi connectivity index (χ4n) is 3.84. The van der Waals surface area contributed by atoms with Gasteiger partial charge in [-0.15, -0.1) is 11.3 Å². The van der Waals surface area contributed by atoms with Gasteiger partial charge in [0.05, 0.1) is 29.8 Å². The van der Waals surface area contributed by atoms with Crippen LogP contribution in [0, 0.1) is 17.2 Å². The van der Waals surface area contributed by atoms with E-state index in [1.54, 1.807) is 29.3 Å². The zero-order chi connectivity index (χ0) is 21.8. The van der Waals surface area contributed by atoms with Gasteiger partial charge in [-0.2, -0.15) is 10.4 Å². The number of rotatable bonds is 5. The minimum atomic E-state index is -0.265. The number of H-pyrrole nitrogens is 1. The lowest BCUT2D eigenvalue weighted by atomic mass is 9.89. The predicted octanol–water partition coefficient (Wildman–Crippen LogP) is 2.96. The van der Waals surface area contributed by atoms with Gasteiger partial charge in [0.2, 0.25) is 5.91 Å². The lowest BCUT2D eigenvalue weighted by molar-refractivity contribution is -0.128. The molecule has 1 fully saturated rings. The Morgan fingerprint density at radius 2 is 2.13 bits per heavy atom. The van der Waals surface area contributed by atoms with Crippen molar-refractivity contribution in [3.8, 4) is 17.3 Å². The quantitative estimate of drug-likeness (QED) is 0.641. The minimum absolute atomic E-state index is 0.0651. The maximum absolute atomic E-state index is 12.9. The molecule has 0 unspecified atom stereocenters. The molecule has 1 saturated heterocycles. The highest BCUT2D eigenvalue weighted by Gasteiger charge is 2.36. The summed E-state index contributed by atoms with van der Waals surface area (Å²) in [7, 11) is 0. The van der Waals surface area contributed by atoms with Crippen molar-refractivity contribution >= 4 is 23.2 Å². The van der Waals surface area contributed by atoms with Gasteiger partial charge in [-0.05, 0) is 38.0 Å². The lowest BCUT2D eigenvalue weighted by Crippen LogP contribution is -2.51. The van der Waals surface area contributed by atoms with E-state index in [0.717, 1.165) is 29.1 Å². The third kappa shape index (κ3) is 4.49. The lowest BCUT2D eigenvalue weighted by Gasteiger charge is -2.38. The molecule has 4 rings (SSSR count). The molecule has 2 amide bonds. The van der Waals surface area contributed by atoms with E-state index in [9.17, 15) is 9.59 Å². The summed E-state index contributed by atoms with van der Waals surface area (Å²) in [5.41, 5.74) is 2.79.